The molecule has 0 bridgehead atoms. The van der Waals surface area contributed by atoms with Crippen LogP contribution < -0.4 is 5.32 Å². The molecule has 1 aromatic carbocycles. The van der Waals surface area contributed by atoms with Crippen LogP contribution >= 0.6 is 0 Å². The van der Waals surface area contributed by atoms with Crippen molar-refractivity contribution in [3.05, 3.63) is 48.3 Å². The summed E-state index contributed by atoms with van der Waals surface area (Å²) in [6.07, 6.45) is 4.17. The molecule has 1 atom stereocenters. The molecule has 0 saturated heterocycles. The minimum atomic E-state index is -0.367. The summed E-state index contributed by atoms with van der Waals surface area (Å²) < 4.78 is 1.77. The largest absolute Gasteiger partial charge is 0.393 e. The van der Waals surface area contributed by atoms with E-state index in [1.165, 1.54) is 0 Å². The van der Waals surface area contributed by atoms with Gasteiger partial charge in [-0.15, -0.1) is 0 Å². The molecule has 22 heavy (non-hydrogen) atoms. The summed E-state index contributed by atoms with van der Waals surface area (Å²) in [7, 11) is 0. The van der Waals surface area contributed by atoms with Gasteiger partial charge in [0.05, 0.1) is 18.2 Å². The Balaban J connectivity index is 1.79. The number of amides is 1. The number of aromatic nitrogens is 2. The van der Waals surface area contributed by atoms with Crippen molar-refractivity contribution in [1.82, 2.24) is 15.1 Å². The Morgan fingerprint density at radius 3 is 2.64 bits per heavy atom. The summed E-state index contributed by atoms with van der Waals surface area (Å²) in [5.74, 6) is 0.189. The zero-order valence-corrected chi connectivity index (χ0v) is 13.1. The predicted molar refractivity (Wildman–Crippen MR) is 85.7 cm³/mol. The SMILES string of the molecule is CC(C)C(O)CCNC(=O)Cc1ccc(-n2cccn2)cc1. The van der Waals surface area contributed by atoms with Crippen molar-refractivity contribution in [2.45, 2.75) is 32.8 Å². The molecule has 0 radical (unpaired) electrons. The van der Waals surface area contributed by atoms with Crippen LogP contribution in [-0.4, -0.2) is 33.4 Å². The zero-order valence-electron chi connectivity index (χ0n) is 13.1. The molecule has 2 aromatic rings. The Morgan fingerprint density at radius 2 is 2.05 bits per heavy atom. The van der Waals surface area contributed by atoms with Gasteiger partial charge >= 0.3 is 0 Å². The lowest BCUT2D eigenvalue weighted by atomic mass is 10.0. The van der Waals surface area contributed by atoms with E-state index >= 15 is 0 Å². The first kappa shape index (κ1) is 16.2. The Labute approximate surface area is 131 Å². The molecule has 0 aliphatic carbocycles. The number of benzene rings is 1. The monoisotopic (exact) mass is 301 g/mol. The van der Waals surface area contributed by atoms with Gasteiger partial charge in [0.25, 0.3) is 0 Å². The molecular weight excluding hydrogens is 278 g/mol. The van der Waals surface area contributed by atoms with Crippen LogP contribution in [0.3, 0.4) is 0 Å². The smallest absolute Gasteiger partial charge is 0.224 e. The number of carbonyl (C=O) groups excluding carboxylic acids is 1. The van der Waals surface area contributed by atoms with E-state index in [1.54, 1.807) is 10.9 Å². The predicted octanol–water partition coefficient (Wildman–Crippen LogP) is 1.94. The normalized spacial score (nSPS) is 12.4. The van der Waals surface area contributed by atoms with E-state index in [0.717, 1.165) is 11.3 Å². The number of aliphatic hydroxyl groups is 1. The van der Waals surface area contributed by atoms with Crippen LogP contribution in [0.1, 0.15) is 25.8 Å². The van der Waals surface area contributed by atoms with Crippen molar-refractivity contribution in [3.8, 4) is 5.69 Å². The number of nitrogens with one attached hydrogen (secondary N) is 1. The molecule has 0 aliphatic rings. The number of aliphatic hydroxyl groups excluding tert-OH is 1. The Bertz CT molecular complexity index is 576. The molecule has 118 valence electrons. The van der Waals surface area contributed by atoms with Crippen molar-refractivity contribution in [2.24, 2.45) is 5.92 Å². The van der Waals surface area contributed by atoms with Gasteiger partial charge in [0.1, 0.15) is 0 Å². The average molecular weight is 301 g/mol. The third-order valence-corrected chi connectivity index (χ3v) is 3.60. The second kappa shape index (κ2) is 7.75. The van der Waals surface area contributed by atoms with Crippen LogP contribution in [0, 0.1) is 5.92 Å². The van der Waals surface area contributed by atoms with E-state index in [1.807, 2.05) is 50.4 Å². The lowest BCUT2D eigenvalue weighted by Gasteiger charge is -2.14. The molecule has 0 saturated carbocycles. The highest BCUT2D eigenvalue weighted by Crippen LogP contribution is 2.09. The minimum Gasteiger partial charge on any atom is -0.393 e. The van der Waals surface area contributed by atoms with E-state index in [2.05, 4.69) is 10.4 Å². The summed E-state index contributed by atoms with van der Waals surface area (Å²) in [6, 6.07) is 9.61. The average Bonchev–Trinajstić information content (AvgIpc) is 3.02. The molecule has 2 N–H and O–H groups in total. The molecular formula is C17H23N3O2. The van der Waals surface area contributed by atoms with Crippen LogP contribution in [0.5, 0.6) is 0 Å². The van der Waals surface area contributed by atoms with Gasteiger partial charge in [-0.05, 0) is 36.1 Å². The van der Waals surface area contributed by atoms with E-state index < -0.39 is 0 Å². The van der Waals surface area contributed by atoms with Crippen LogP contribution in [0.25, 0.3) is 5.69 Å². The van der Waals surface area contributed by atoms with Crippen molar-refractivity contribution in [2.75, 3.05) is 6.54 Å². The van der Waals surface area contributed by atoms with Gasteiger partial charge in [0.2, 0.25) is 5.91 Å². The first-order valence-corrected chi connectivity index (χ1v) is 7.60. The second-order valence-electron chi connectivity index (χ2n) is 5.74. The molecule has 1 aromatic heterocycles. The highest BCUT2D eigenvalue weighted by atomic mass is 16.3. The summed E-state index contributed by atoms with van der Waals surface area (Å²) in [4.78, 5) is 11.9. The molecule has 0 spiro atoms. The molecule has 0 aliphatic heterocycles. The zero-order chi connectivity index (χ0) is 15.9. The standard InChI is InChI=1S/C17H23N3O2/c1-13(2)16(21)8-10-18-17(22)12-14-4-6-15(7-5-14)20-11-3-9-19-20/h3-7,9,11,13,16,21H,8,10,12H2,1-2H3,(H,18,22). The molecule has 5 heteroatoms. The third-order valence-electron chi connectivity index (χ3n) is 3.60. The molecule has 2 rings (SSSR count). The number of carbonyl (C=O) groups is 1. The van der Waals surface area contributed by atoms with Crippen LogP contribution in [-0.2, 0) is 11.2 Å². The molecule has 1 unspecified atom stereocenters. The summed E-state index contributed by atoms with van der Waals surface area (Å²) in [5, 5.41) is 16.7. The lowest BCUT2D eigenvalue weighted by molar-refractivity contribution is -0.120. The maximum absolute atomic E-state index is 11.9. The van der Waals surface area contributed by atoms with E-state index in [4.69, 9.17) is 0 Å². The highest BCUT2D eigenvalue weighted by Gasteiger charge is 2.09. The maximum Gasteiger partial charge on any atom is 0.224 e. The van der Waals surface area contributed by atoms with Gasteiger partial charge in [-0.25, -0.2) is 4.68 Å². The van der Waals surface area contributed by atoms with Crippen LogP contribution in [0.4, 0.5) is 0 Å². The van der Waals surface area contributed by atoms with Gasteiger partial charge in [-0.3, -0.25) is 4.79 Å². The first-order chi connectivity index (χ1) is 10.6. The second-order valence-corrected chi connectivity index (χ2v) is 5.74. The van der Waals surface area contributed by atoms with E-state index in [-0.39, 0.29) is 17.9 Å². The topological polar surface area (TPSA) is 67.2 Å². The van der Waals surface area contributed by atoms with Crippen LogP contribution in [0.2, 0.25) is 0 Å². The highest BCUT2D eigenvalue weighted by molar-refractivity contribution is 5.78. The van der Waals surface area contributed by atoms with Gasteiger partial charge in [-0.1, -0.05) is 26.0 Å². The Morgan fingerprint density at radius 1 is 1.32 bits per heavy atom. The van der Waals surface area contributed by atoms with Crippen molar-refractivity contribution in [3.63, 3.8) is 0 Å². The number of hydrogen-bond acceptors (Lipinski definition) is 3. The minimum absolute atomic E-state index is 0.0252. The van der Waals surface area contributed by atoms with E-state index in [0.29, 0.717) is 19.4 Å². The maximum atomic E-state index is 11.9. The van der Waals surface area contributed by atoms with Gasteiger partial charge < -0.3 is 10.4 Å². The molecule has 0 fully saturated rings. The molecule has 1 heterocycles. The Kier molecular flexibility index (Phi) is 5.72. The fourth-order valence-electron chi connectivity index (χ4n) is 2.13. The Hall–Kier alpha value is -2.14. The fraction of sp³-hybridized carbons (Fsp3) is 0.412. The number of rotatable bonds is 7. The third kappa shape index (κ3) is 4.70. The summed E-state index contributed by atoms with van der Waals surface area (Å²) >= 11 is 0. The molecule has 5 nitrogen and oxygen atoms in total. The van der Waals surface area contributed by atoms with Crippen molar-refractivity contribution in [1.29, 1.82) is 0 Å². The van der Waals surface area contributed by atoms with Gasteiger partial charge in [-0.2, -0.15) is 5.10 Å². The number of hydrogen-bond donors (Lipinski definition) is 2. The van der Waals surface area contributed by atoms with Gasteiger partial charge in [0.15, 0.2) is 0 Å². The quantitative estimate of drug-likeness (QED) is 0.821. The summed E-state index contributed by atoms with van der Waals surface area (Å²) in [5.41, 5.74) is 1.92. The van der Waals surface area contributed by atoms with Crippen molar-refractivity contribution < 1.29 is 9.90 Å². The lowest BCUT2D eigenvalue weighted by Crippen LogP contribution is -2.29. The van der Waals surface area contributed by atoms with Crippen molar-refractivity contribution >= 4 is 5.91 Å². The number of nitrogens with zero attached hydrogens (tertiary/aromatic N) is 2. The van der Waals surface area contributed by atoms with Gasteiger partial charge in [0, 0.05) is 18.9 Å². The first-order valence-electron chi connectivity index (χ1n) is 7.60. The molecule has 1 amide bonds. The van der Waals surface area contributed by atoms with E-state index in [9.17, 15) is 9.90 Å². The summed E-state index contributed by atoms with van der Waals surface area (Å²) in [6.45, 7) is 4.44. The fourth-order valence-corrected chi connectivity index (χ4v) is 2.13. The van der Waals surface area contributed by atoms with Crippen LogP contribution in [0.15, 0.2) is 42.7 Å².